The molecule has 1 heterocycles. The molecule has 3 nitrogen and oxygen atoms in total. The number of rotatable bonds is 2. The summed E-state index contributed by atoms with van der Waals surface area (Å²) in [5.74, 6) is 0.659. The molecular weight excluding hydrogens is 222 g/mol. The molecule has 0 unspecified atom stereocenters. The number of nitrogens with one attached hydrogen (secondary N) is 1. The molecule has 96 valence electrons. The molecule has 3 heteroatoms. The Morgan fingerprint density at radius 2 is 1.33 bits per heavy atom. The van der Waals surface area contributed by atoms with Crippen LogP contribution in [0.5, 0.6) is 0 Å². The van der Waals surface area contributed by atoms with Crippen molar-refractivity contribution in [1.82, 2.24) is 9.97 Å². The summed E-state index contributed by atoms with van der Waals surface area (Å²) in [7, 11) is 0. The molecule has 1 N–H and O–H groups in total. The van der Waals surface area contributed by atoms with E-state index in [4.69, 9.17) is 0 Å². The van der Waals surface area contributed by atoms with Crippen molar-refractivity contribution in [2.75, 3.05) is 5.32 Å². The maximum atomic E-state index is 4.41. The van der Waals surface area contributed by atoms with Crippen molar-refractivity contribution in [1.29, 1.82) is 0 Å². The summed E-state index contributed by atoms with van der Waals surface area (Å²) >= 11 is 0. The number of hydrogen-bond acceptors (Lipinski definition) is 3. The zero-order chi connectivity index (χ0) is 13.5. The van der Waals surface area contributed by atoms with Crippen LogP contribution in [0.2, 0.25) is 0 Å². The van der Waals surface area contributed by atoms with Gasteiger partial charge in [-0.1, -0.05) is 32.0 Å². The molecule has 0 fully saturated rings. The lowest BCUT2D eigenvalue weighted by Gasteiger charge is -2.08. The molecule has 0 aliphatic heterocycles. The van der Waals surface area contributed by atoms with Crippen molar-refractivity contribution in [3.05, 3.63) is 47.3 Å². The van der Waals surface area contributed by atoms with Crippen LogP contribution in [0.3, 0.4) is 0 Å². The van der Waals surface area contributed by atoms with E-state index in [0.29, 0.717) is 5.95 Å². The molecule has 0 bridgehead atoms. The first-order valence-electron chi connectivity index (χ1n) is 6.31. The van der Waals surface area contributed by atoms with Crippen LogP contribution in [0.25, 0.3) is 0 Å². The average Bonchev–Trinajstić information content (AvgIpc) is 2.39. The van der Waals surface area contributed by atoms with E-state index in [1.165, 1.54) is 0 Å². The Morgan fingerprint density at radius 1 is 0.833 bits per heavy atom. The van der Waals surface area contributed by atoms with Gasteiger partial charge >= 0.3 is 0 Å². The monoisotopic (exact) mass is 243 g/mol. The molecule has 1 aromatic carbocycles. The summed E-state index contributed by atoms with van der Waals surface area (Å²) in [6, 6.07) is 9.94. The predicted octanol–water partition coefficient (Wildman–Crippen LogP) is 4.17. The van der Waals surface area contributed by atoms with Gasteiger partial charge < -0.3 is 5.32 Å². The average molecular weight is 243 g/mol. The number of aromatic nitrogens is 2. The van der Waals surface area contributed by atoms with Crippen LogP contribution in [-0.4, -0.2) is 9.97 Å². The van der Waals surface area contributed by atoms with Crippen LogP contribution in [0.1, 0.15) is 30.8 Å². The number of benzene rings is 1. The number of nitrogens with zero attached hydrogens (tertiary/aromatic N) is 2. The highest BCUT2D eigenvalue weighted by Crippen LogP contribution is 2.15. The third-order valence-corrected chi connectivity index (χ3v) is 2.66. The first-order valence-corrected chi connectivity index (χ1v) is 6.31. The van der Waals surface area contributed by atoms with Gasteiger partial charge in [-0.25, -0.2) is 9.97 Å². The van der Waals surface area contributed by atoms with Gasteiger partial charge in [0.2, 0.25) is 5.95 Å². The van der Waals surface area contributed by atoms with E-state index < -0.39 is 0 Å². The van der Waals surface area contributed by atoms with E-state index in [9.17, 15) is 0 Å². The van der Waals surface area contributed by atoms with E-state index in [0.717, 1.165) is 22.6 Å². The van der Waals surface area contributed by atoms with Gasteiger partial charge in [0, 0.05) is 17.1 Å². The van der Waals surface area contributed by atoms with Crippen LogP contribution in [0, 0.1) is 20.8 Å². The minimum atomic E-state index is 0.659. The van der Waals surface area contributed by atoms with E-state index in [1.54, 1.807) is 0 Å². The molecule has 18 heavy (non-hydrogen) atoms. The molecule has 0 spiro atoms. The molecule has 1 aromatic heterocycles. The van der Waals surface area contributed by atoms with E-state index >= 15 is 0 Å². The number of para-hydroxylation sites is 1. The maximum Gasteiger partial charge on any atom is 0.227 e. The van der Waals surface area contributed by atoms with Crippen molar-refractivity contribution < 1.29 is 0 Å². The lowest BCUT2D eigenvalue weighted by atomic mass is 10.2. The Kier molecular flexibility index (Phi) is 5.31. The molecule has 0 radical (unpaired) electrons. The minimum absolute atomic E-state index is 0.659. The van der Waals surface area contributed by atoms with Crippen LogP contribution in [-0.2, 0) is 0 Å². The van der Waals surface area contributed by atoms with Gasteiger partial charge in [0.05, 0.1) is 0 Å². The number of aryl methyl sites for hydroxylation is 2. The molecule has 0 saturated heterocycles. The first-order chi connectivity index (χ1) is 8.66. The molecule has 0 saturated carbocycles. The van der Waals surface area contributed by atoms with Gasteiger partial charge in [0.15, 0.2) is 0 Å². The standard InChI is InChI=1S/C13H15N3.C2H6/c1-9-10(2)14-13(15-11(9)3)16-12-7-5-4-6-8-12;1-2/h4-8H,1-3H3,(H,14,15,16);1-2H3. The zero-order valence-corrected chi connectivity index (χ0v) is 11.8. The van der Waals surface area contributed by atoms with Crippen LogP contribution >= 0.6 is 0 Å². The number of hydrogen-bond donors (Lipinski definition) is 1. The van der Waals surface area contributed by atoms with Crippen LogP contribution in [0.4, 0.5) is 11.6 Å². The molecule has 2 rings (SSSR count). The maximum absolute atomic E-state index is 4.41. The van der Waals surface area contributed by atoms with Gasteiger partial charge in [-0.2, -0.15) is 0 Å². The second-order valence-corrected chi connectivity index (χ2v) is 3.83. The summed E-state index contributed by atoms with van der Waals surface area (Å²) in [5.41, 5.74) is 4.20. The molecule has 0 aliphatic carbocycles. The third-order valence-electron chi connectivity index (χ3n) is 2.66. The van der Waals surface area contributed by atoms with Gasteiger partial charge in [0.1, 0.15) is 0 Å². The summed E-state index contributed by atoms with van der Waals surface area (Å²) in [6.07, 6.45) is 0. The summed E-state index contributed by atoms with van der Waals surface area (Å²) < 4.78 is 0. The highest BCUT2D eigenvalue weighted by molar-refractivity contribution is 5.53. The Morgan fingerprint density at radius 3 is 1.83 bits per heavy atom. The van der Waals surface area contributed by atoms with Crippen LogP contribution in [0.15, 0.2) is 30.3 Å². The summed E-state index contributed by atoms with van der Waals surface area (Å²) in [5, 5.41) is 3.19. The quantitative estimate of drug-likeness (QED) is 0.860. The Hall–Kier alpha value is -1.90. The molecule has 0 atom stereocenters. The van der Waals surface area contributed by atoms with Gasteiger partial charge in [0.25, 0.3) is 0 Å². The first kappa shape index (κ1) is 14.2. The largest absolute Gasteiger partial charge is 0.324 e. The van der Waals surface area contributed by atoms with E-state index in [1.807, 2.05) is 65.0 Å². The second kappa shape index (κ2) is 6.74. The molecule has 0 amide bonds. The number of anilines is 2. The second-order valence-electron chi connectivity index (χ2n) is 3.83. The third kappa shape index (κ3) is 3.55. The highest BCUT2D eigenvalue weighted by atomic mass is 15.1. The Bertz CT molecular complexity index is 469. The minimum Gasteiger partial charge on any atom is -0.324 e. The van der Waals surface area contributed by atoms with Gasteiger partial charge in [-0.15, -0.1) is 0 Å². The molecule has 2 aromatic rings. The Balaban J connectivity index is 0.000000771. The topological polar surface area (TPSA) is 37.8 Å². The molecular formula is C15H21N3. The van der Waals surface area contributed by atoms with Gasteiger partial charge in [-0.3, -0.25) is 0 Å². The predicted molar refractivity (Wildman–Crippen MR) is 77.3 cm³/mol. The van der Waals surface area contributed by atoms with Crippen molar-refractivity contribution in [2.24, 2.45) is 0 Å². The Labute approximate surface area is 109 Å². The van der Waals surface area contributed by atoms with Crippen molar-refractivity contribution in [3.8, 4) is 0 Å². The normalized spacial score (nSPS) is 9.39. The van der Waals surface area contributed by atoms with Gasteiger partial charge in [-0.05, 0) is 38.5 Å². The van der Waals surface area contributed by atoms with Crippen LogP contribution < -0.4 is 5.32 Å². The zero-order valence-electron chi connectivity index (χ0n) is 11.8. The fraction of sp³-hybridized carbons (Fsp3) is 0.333. The van der Waals surface area contributed by atoms with E-state index in [-0.39, 0.29) is 0 Å². The van der Waals surface area contributed by atoms with E-state index in [2.05, 4.69) is 15.3 Å². The van der Waals surface area contributed by atoms with Crippen molar-refractivity contribution >= 4 is 11.6 Å². The fourth-order valence-electron chi connectivity index (χ4n) is 1.48. The molecule has 0 aliphatic rings. The summed E-state index contributed by atoms with van der Waals surface area (Å²) in [6.45, 7) is 10.0. The SMILES string of the molecule is CC.Cc1nc(Nc2ccccc2)nc(C)c1C. The lowest BCUT2D eigenvalue weighted by molar-refractivity contribution is 1.02. The summed E-state index contributed by atoms with van der Waals surface area (Å²) in [4.78, 5) is 8.81. The highest BCUT2D eigenvalue weighted by Gasteiger charge is 2.04. The lowest BCUT2D eigenvalue weighted by Crippen LogP contribution is -2.02. The van der Waals surface area contributed by atoms with Crippen molar-refractivity contribution in [2.45, 2.75) is 34.6 Å². The fourth-order valence-corrected chi connectivity index (χ4v) is 1.48. The van der Waals surface area contributed by atoms with Crippen molar-refractivity contribution in [3.63, 3.8) is 0 Å². The smallest absolute Gasteiger partial charge is 0.227 e.